The lowest BCUT2D eigenvalue weighted by Gasteiger charge is -2.10. The van der Waals surface area contributed by atoms with Crippen molar-refractivity contribution < 1.29 is 22.7 Å². The largest absolute Gasteiger partial charge is 0.494 e. The molecule has 22 heavy (non-hydrogen) atoms. The summed E-state index contributed by atoms with van der Waals surface area (Å²) < 4.78 is 42.5. The molecule has 0 atom stereocenters. The molecular weight excluding hydrogens is 301 g/mol. The third-order valence-corrected chi connectivity index (χ3v) is 2.73. The quantitative estimate of drug-likeness (QED) is 0.852. The monoisotopic (exact) mass is 312 g/mol. The van der Waals surface area contributed by atoms with Gasteiger partial charge in [0.15, 0.2) is 0 Å². The highest BCUT2D eigenvalue weighted by atomic mass is 19.4. The average molecular weight is 312 g/mol. The van der Waals surface area contributed by atoms with Crippen molar-refractivity contribution >= 4 is 6.41 Å². The summed E-state index contributed by atoms with van der Waals surface area (Å²) in [5.41, 5.74) is 1.34. The van der Waals surface area contributed by atoms with E-state index in [1.54, 1.807) is 6.07 Å². The number of ether oxygens (including phenoxy) is 1. The van der Waals surface area contributed by atoms with E-state index in [0.717, 1.165) is 12.4 Å². The van der Waals surface area contributed by atoms with Gasteiger partial charge in [-0.15, -0.1) is 0 Å². The number of rotatable bonds is 5. The number of hydrogen-bond acceptors (Lipinski definition) is 5. The Kier molecular flexibility index (Phi) is 4.54. The summed E-state index contributed by atoms with van der Waals surface area (Å²) in [4.78, 5) is 21.0. The fourth-order valence-corrected chi connectivity index (χ4v) is 1.73. The second kappa shape index (κ2) is 6.37. The highest BCUT2D eigenvalue weighted by Crippen LogP contribution is 2.31. The molecule has 1 N–H and O–H groups in total. The molecule has 9 heteroatoms. The maximum atomic E-state index is 12.5. The van der Waals surface area contributed by atoms with Gasteiger partial charge in [0.25, 0.3) is 0 Å². The van der Waals surface area contributed by atoms with Crippen molar-refractivity contribution in [3.63, 3.8) is 0 Å². The van der Waals surface area contributed by atoms with Gasteiger partial charge >= 0.3 is 6.18 Å². The van der Waals surface area contributed by atoms with Crippen LogP contribution in [0.2, 0.25) is 0 Å². The number of amides is 1. The summed E-state index contributed by atoms with van der Waals surface area (Å²) in [5, 5.41) is 2.45. The van der Waals surface area contributed by atoms with E-state index in [4.69, 9.17) is 4.74 Å². The summed E-state index contributed by atoms with van der Waals surface area (Å²) in [5.74, 6) is -0.856. The van der Waals surface area contributed by atoms with Gasteiger partial charge in [-0.1, -0.05) is 0 Å². The van der Waals surface area contributed by atoms with Crippen LogP contribution >= 0.6 is 0 Å². The summed E-state index contributed by atoms with van der Waals surface area (Å²) in [7, 11) is 1.41. The number of carbonyl (C=O) groups is 1. The Hall–Kier alpha value is -2.71. The van der Waals surface area contributed by atoms with Crippen LogP contribution in [0.3, 0.4) is 0 Å². The Labute approximate surface area is 123 Å². The second-order valence-corrected chi connectivity index (χ2v) is 4.17. The molecule has 0 unspecified atom stereocenters. The van der Waals surface area contributed by atoms with E-state index in [1.165, 1.54) is 13.3 Å². The minimum absolute atomic E-state index is 0.183. The SMILES string of the molecule is COc1cnc(CNC=O)cc1-c1cnc(C(F)(F)F)nc1. The van der Waals surface area contributed by atoms with Gasteiger partial charge in [-0.2, -0.15) is 13.2 Å². The third kappa shape index (κ3) is 3.48. The standard InChI is InChI=1S/C13H11F3N4O2/c1-22-11-6-18-9(5-17-7-21)2-10(11)8-3-19-12(20-4-8)13(14,15)16/h2-4,6-7H,5H2,1H3,(H,17,21). The topological polar surface area (TPSA) is 77.0 Å². The highest BCUT2D eigenvalue weighted by Gasteiger charge is 2.34. The van der Waals surface area contributed by atoms with Crippen LogP contribution in [0.1, 0.15) is 11.5 Å². The molecule has 0 saturated heterocycles. The zero-order valence-corrected chi connectivity index (χ0v) is 11.4. The van der Waals surface area contributed by atoms with Gasteiger partial charge in [-0.05, 0) is 6.07 Å². The highest BCUT2D eigenvalue weighted by molar-refractivity contribution is 5.69. The van der Waals surface area contributed by atoms with Gasteiger partial charge in [0, 0.05) is 23.5 Å². The van der Waals surface area contributed by atoms with Crippen molar-refractivity contribution in [3.8, 4) is 16.9 Å². The van der Waals surface area contributed by atoms with Crippen molar-refractivity contribution in [2.24, 2.45) is 0 Å². The molecule has 0 aliphatic carbocycles. The number of nitrogens with zero attached hydrogens (tertiary/aromatic N) is 3. The molecule has 0 spiro atoms. The Morgan fingerprint density at radius 3 is 2.45 bits per heavy atom. The number of pyridine rings is 1. The van der Waals surface area contributed by atoms with E-state index in [9.17, 15) is 18.0 Å². The van der Waals surface area contributed by atoms with Crippen LogP contribution in [-0.4, -0.2) is 28.5 Å². The van der Waals surface area contributed by atoms with Crippen LogP contribution in [0.25, 0.3) is 11.1 Å². The molecule has 1 amide bonds. The van der Waals surface area contributed by atoms with Gasteiger partial charge in [-0.3, -0.25) is 9.78 Å². The first-order valence-electron chi connectivity index (χ1n) is 6.05. The number of carbonyl (C=O) groups excluding carboxylic acids is 1. The maximum absolute atomic E-state index is 12.5. The molecule has 116 valence electrons. The third-order valence-electron chi connectivity index (χ3n) is 2.73. The van der Waals surface area contributed by atoms with E-state index >= 15 is 0 Å². The minimum Gasteiger partial charge on any atom is -0.494 e. The molecule has 0 bridgehead atoms. The Balaban J connectivity index is 2.39. The van der Waals surface area contributed by atoms with E-state index in [0.29, 0.717) is 29.0 Å². The number of methoxy groups -OCH3 is 1. The van der Waals surface area contributed by atoms with Crippen molar-refractivity contribution in [2.45, 2.75) is 12.7 Å². The molecule has 0 fully saturated rings. The fraction of sp³-hybridized carbons (Fsp3) is 0.231. The van der Waals surface area contributed by atoms with Gasteiger partial charge in [-0.25, -0.2) is 9.97 Å². The van der Waals surface area contributed by atoms with E-state index in [1.807, 2.05) is 0 Å². The van der Waals surface area contributed by atoms with Crippen molar-refractivity contribution in [2.75, 3.05) is 7.11 Å². The molecule has 0 saturated carbocycles. The summed E-state index contributed by atoms with van der Waals surface area (Å²) in [6.07, 6.45) is -0.545. The number of nitrogens with one attached hydrogen (secondary N) is 1. The number of alkyl halides is 3. The van der Waals surface area contributed by atoms with Crippen LogP contribution in [0.5, 0.6) is 5.75 Å². The predicted octanol–water partition coefficient (Wildman–Crippen LogP) is 1.81. The summed E-state index contributed by atoms with van der Waals surface area (Å²) >= 11 is 0. The normalized spacial score (nSPS) is 11.1. The zero-order chi connectivity index (χ0) is 16.2. The van der Waals surface area contributed by atoms with E-state index in [2.05, 4.69) is 20.3 Å². The maximum Gasteiger partial charge on any atom is 0.451 e. The molecule has 2 aromatic heterocycles. The lowest BCUT2D eigenvalue weighted by atomic mass is 10.1. The lowest BCUT2D eigenvalue weighted by Crippen LogP contribution is -2.12. The van der Waals surface area contributed by atoms with E-state index in [-0.39, 0.29) is 6.54 Å². The molecule has 6 nitrogen and oxygen atoms in total. The fourth-order valence-electron chi connectivity index (χ4n) is 1.73. The first-order valence-corrected chi connectivity index (χ1v) is 6.05. The summed E-state index contributed by atoms with van der Waals surface area (Å²) in [6.45, 7) is 0.183. The minimum atomic E-state index is -4.60. The van der Waals surface area contributed by atoms with Gasteiger partial charge in [0.05, 0.1) is 25.5 Å². The number of aromatic nitrogens is 3. The first kappa shape index (κ1) is 15.7. The van der Waals surface area contributed by atoms with Gasteiger partial charge < -0.3 is 10.1 Å². The van der Waals surface area contributed by atoms with Gasteiger partial charge in [0.1, 0.15) is 5.75 Å². The molecule has 2 rings (SSSR count). The average Bonchev–Trinajstić information content (AvgIpc) is 2.52. The molecule has 2 aromatic rings. The van der Waals surface area contributed by atoms with Crippen molar-refractivity contribution in [3.05, 3.63) is 36.2 Å². The molecule has 0 aliphatic heterocycles. The van der Waals surface area contributed by atoms with Crippen LogP contribution in [0, 0.1) is 0 Å². The lowest BCUT2D eigenvalue weighted by molar-refractivity contribution is -0.145. The molecule has 0 aliphatic rings. The van der Waals surface area contributed by atoms with Crippen LogP contribution < -0.4 is 10.1 Å². The van der Waals surface area contributed by atoms with Crippen LogP contribution in [0.4, 0.5) is 13.2 Å². The predicted molar refractivity (Wildman–Crippen MR) is 69.7 cm³/mol. The van der Waals surface area contributed by atoms with E-state index < -0.39 is 12.0 Å². The molecule has 0 radical (unpaired) electrons. The van der Waals surface area contributed by atoms with Crippen molar-refractivity contribution in [1.82, 2.24) is 20.3 Å². The zero-order valence-electron chi connectivity index (χ0n) is 11.4. The Morgan fingerprint density at radius 2 is 1.91 bits per heavy atom. The second-order valence-electron chi connectivity index (χ2n) is 4.17. The van der Waals surface area contributed by atoms with Gasteiger partial charge in [0.2, 0.25) is 12.2 Å². The number of hydrogen-bond donors (Lipinski definition) is 1. The molecule has 2 heterocycles. The Morgan fingerprint density at radius 1 is 1.23 bits per heavy atom. The van der Waals surface area contributed by atoms with Crippen LogP contribution in [-0.2, 0) is 17.5 Å². The summed E-state index contributed by atoms with van der Waals surface area (Å²) in [6, 6.07) is 1.58. The Bertz CT molecular complexity index is 659. The molecule has 0 aromatic carbocycles. The van der Waals surface area contributed by atoms with Crippen molar-refractivity contribution in [1.29, 1.82) is 0 Å². The smallest absolute Gasteiger partial charge is 0.451 e. The van der Waals surface area contributed by atoms with Crippen LogP contribution in [0.15, 0.2) is 24.7 Å². The molecular formula is C13H11F3N4O2. The first-order chi connectivity index (χ1) is 10.5. The number of halogens is 3.